The molecule has 0 saturated heterocycles. The third kappa shape index (κ3) is 3.34. The van der Waals surface area contributed by atoms with Gasteiger partial charge in [0.2, 0.25) is 0 Å². The molecular formula is C14H19N3O. The van der Waals surface area contributed by atoms with Crippen molar-refractivity contribution in [1.29, 1.82) is 0 Å². The molecule has 1 heterocycles. The molecule has 0 spiro atoms. The summed E-state index contributed by atoms with van der Waals surface area (Å²) in [7, 11) is 0. The molecule has 1 unspecified atom stereocenters. The molecule has 0 fully saturated rings. The zero-order valence-corrected chi connectivity index (χ0v) is 10.6. The van der Waals surface area contributed by atoms with Crippen LogP contribution in [0.25, 0.3) is 0 Å². The Morgan fingerprint density at radius 2 is 2.11 bits per heavy atom. The number of imidazole rings is 1. The average Bonchev–Trinajstić information content (AvgIpc) is 2.92. The first-order chi connectivity index (χ1) is 8.79. The zero-order valence-electron chi connectivity index (χ0n) is 10.6. The highest BCUT2D eigenvalue weighted by Crippen LogP contribution is 2.18. The maximum atomic E-state index is 5.96. The van der Waals surface area contributed by atoms with E-state index in [9.17, 15) is 0 Å². The van der Waals surface area contributed by atoms with E-state index in [0.29, 0.717) is 6.61 Å². The summed E-state index contributed by atoms with van der Waals surface area (Å²) in [5.74, 6) is 0.877. The molecular weight excluding hydrogens is 226 g/mol. The van der Waals surface area contributed by atoms with E-state index in [1.165, 1.54) is 0 Å². The van der Waals surface area contributed by atoms with Crippen molar-refractivity contribution in [3.05, 3.63) is 48.5 Å². The number of benzene rings is 1. The minimum atomic E-state index is 0.116. The van der Waals surface area contributed by atoms with Crippen molar-refractivity contribution in [2.24, 2.45) is 5.73 Å². The topological polar surface area (TPSA) is 53.1 Å². The Bertz CT molecular complexity index is 450. The molecule has 18 heavy (non-hydrogen) atoms. The molecule has 0 aliphatic carbocycles. The van der Waals surface area contributed by atoms with E-state index < -0.39 is 0 Å². The molecule has 0 bridgehead atoms. The number of nitrogens with two attached hydrogens (primary N) is 1. The van der Waals surface area contributed by atoms with Gasteiger partial charge in [-0.05, 0) is 24.1 Å². The summed E-state index contributed by atoms with van der Waals surface area (Å²) in [5, 5.41) is 0. The van der Waals surface area contributed by atoms with Gasteiger partial charge in [0, 0.05) is 18.4 Å². The van der Waals surface area contributed by atoms with Gasteiger partial charge in [-0.2, -0.15) is 0 Å². The van der Waals surface area contributed by atoms with Gasteiger partial charge in [0.25, 0.3) is 0 Å². The number of aromatic nitrogens is 2. The summed E-state index contributed by atoms with van der Waals surface area (Å²) in [6, 6.07) is 8.11. The van der Waals surface area contributed by atoms with E-state index in [4.69, 9.17) is 10.5 Å². The number of nitrogens with zero attached hydrogens (tertiary/aromatic N) is 2. The fourth-order valence-corrected chi connectivity index (χ4v) is 1.73. The maximum absolute atomic E-state index is 5.96. The molecule has 4 nitrogen and oxygen atoms in total. The normalized spacial score (nSPS) is 12.3. The van der Waals surface area contributed by atoms with Gasteiger partial charge in [-0.3, -0.25) is 0 Å². The van der Waals surface area contributed by atoms with Crippen molar-refractivity contribution in [2.75, 3.05) is 6.61 Å². The van der Waals surface area contributed by atoms with Crippen molar-refractivity contribution in [3.63, 3.8) is 0 Å². The second kappa shape index (κ2) is 6.21. The first-order valence-corrected chi connectivity index (χ1v) is 6.23. The molecule has 0 radical (unpaired) electrons. The Labute approximate surface area is 107 Å². The van der Waals surface area contributed by atoms with E-state index in [1.807, 2.05) is 35.0 Å². The molecule has 2 aromatic rings. The summed E-state index contributed by atoms with van der Waals surface area (Å²) in [5.41, 5.74) is 7.11. The summed E-state index contributed by atoms with van der Waals surface area (Å²) >= 11 is 0. The van der Waals surface area contributed by atoms with Crippen LogP contribution in [0.2, 0.25) is 0 Å². The van der Waals surface area contributed by atoms with Crippen LogP contribution in [-0.4, -0.2) is 16.2 Å². The highest BCUT2D eigenvalue weighted by Gasteiger charge is 2.02. The van der Waals surface area contributed by atoms with Gasteiger partial charge in [0.1, 0.15) is 12.4 Å². The first-order valence-electron chi connectivity index (χ1n) is 6.23. The smallest absolute Gasteiger partial charge is 0.119 e. The predicted molar refractivity (Wildman–Crippen MR) is 71.4 cm³/mol. The van der Waals surface area contributed by atoms with Gasteiger partial charge < -0.3 is 15.0 Å². The van der Waals surface area contributed by atoms with E-state index in [2.05, 4.69) is 11.9 Å². The van der Waals surface area contributed by atoms with Crippen LogP contribution < -0.4 is 10.5 Å². The van der Waals surface area contributed by atoms with E-state index in [-0.39, 0.29) is 6.04 Å². The maximum Gasteiger partial charge on any atom is 0.119 e. The van der Waals surface area contributed by atoms with Gasteiger partial charge in [-0.15, -0.1) is 0 Å². The molecule has 2 rings (SSSR count). The average molecular weight is 245 g/mol. The Kier molecular flexibility index (Phi) is 4.36. The van der Waals surface area contributed by atoms with Crippen LogP contribution in [0.4, 0.5) is 0 Å². The van der Waals surface area contributed by atoms with E-state index in [1.54, 1.807) is 12.5 Å². The Morgan fingerprint density at radius 1 is 1.33 bits per heavy atom. The van der Waals surface area contributed by atoms with Gasteiger partial charge >= 0.3 is 0 Å². The van der Waals surface area contributed by atoms with Gasteiger partial charge in [-0.25, -0.2) is 4.98 Å². The molecule has 1 aromatic heterocycles. The molecule has 0 saturated carbocycles. The second-order valence-electron chi connectivity index (χ2n) is 4.23. The van der Waals surface area contributed by atoms with Crippen LogP contribution in [0.5, 0.6) is 5.75 Å². The highest BCUT2D eigenvalue weighted by molar-refractivity contribution is 5.28. The molecule has 0 amide bonds. The molecule has 1 aromatic carbocycles. The lowest BCUT2D eigenvalue weighted by Gasteiger charge is -2.11. The van der Waals surface area contributed by atoms with Crippen molar-refractivity contribution < 1.29 is 4.74 Å². The largest absolute Gasteiger partial charge is 0.492 e. The fourth-order valence-electron chi connectivity index (χ4n) is 1.73. The molecule has 4 heteroatoms. The third-order valence-corrected chi connectivity index (χ3v) is 2.93. The Hall–Kier alpha value is -1.81. The van der Waals surface area contributed by atoms with Gasteiger partial charge in [-0.1, -0.05) is 19.1 Å². The van der Waals surface area contributed by atoms with Crippen molar-refractivity contribution >= 4 is 0 Å². The van der Waals surface area contributed by atoms with E-state index in [0.717, 1.165) is 24.3 Å². The molecule has 1 atom stereocenters. The monoisotopic (exact) mass is 245 g/mol. The molecule has 0 aliphatic heterocycles. The van der Waals surface area contributed by atoms with Crippen LogP contribution in [0, 0.1) is 0 Å². The standard InChI is InChI=1S/C14H19N3O/c1-2-14(15)12-3-5-13(6-4-12)18-10-9-17-8-7-16-11-17/h3-8,11,14H,2,9-10,15H2,1H3. The van der Waals surface area contributed by atoms with Crippen LogP contribution in [0.3, 0.4) is 0 Å². The lowest BCUT2D eigenvalue weighted by molar-refractivity contribution is 0.298. The van der Waals surface area contributed by atoms with Crippen LogP contribution in [-0.2, 0) is 6.54 Å². The number of hydrogen-bond acceptors (Lipinski definition) is 3. The number of ether oxygens (including phenoxy) is 1. The quantitative estimate of drug-likeness (QED) is 0.850. The Balaban J connectivity index is 1.83. The second-order valence-corrected chi connectivity index (χ2v) is 4.23. The van der Waals surface area contributed by atoms with Crippen molar-refractivity contribution in [2.45, 2.75) is 25.9 Å². The number of rotatable bonds is 6. The van der Waals surface area contributed by atoms with E-state index >= 15 is 0 Å². The lowest BCUT2D eigenvalue weighted by atomic mass is 10.1. The molecule has 2 N–H and O–H groups in total. The predicted octanol–water partition coefficient (Wildman–Crippen LogP) is 2.37. The van der Waals surface area contributed by atoms with Crippen LogP contribution in [0.1, 0.15) is 24.9 Å². The summed E-state index contributed by atoms with van der Waals surface area (Å²) in [6.45, 7) is 3.52. The summed E-state index contributed by atoms with van der Waals surface area (Å²) < 4.78 is 7.65. The van der Waals surface area contributed by atoms with Gasteiger partial charge in [0.05, 0.1) is 12.9 Å². The van der Waals surface area contributed by atoms with Gasteiger partial charge in [0.15, 0.2) is 0 Å². The minimum absolute atomic E-state index is 0.116. The third-order valence-electron chi connectivity index (χ3n) is 2.93. The summed E-state index contributed by atoms with van der Waals surface area (Å²) in [6.07, 6.45) is 6.42. The summed E-state index contributed by atoms with van der Waals surface area (Å²) in [4.78, 5) is 3.98. The van der Waals surface area contributed by atoms with Crippen LogP contribution >= 0.6 is 0 Å². The minimum Gasteiger partial charge on any atom is -0.492 e. The highest BCUT2D eigenvalue weighted by atomic mass is 16.5. The Morgan fingerprint density at radius 3 is 2.72 bits per heavy atom. The number of hydrogen-bond donors (Lipinski definition) is 1. The lowest BCUT2D eigenvalue weighted by Crippen LogP contribution is -2.09. The molecule has 96 valence electrons. The van der Waals surface area contributed by atoms with Crippen molar-refractivity contribution in [3.8, 4) is 5.75 Å². The van der Waals surface area contributed by atoms with Crippen molar-refractivity contribution in [1.82, 2.24) is 9.55 Å². The van der Waals surface area contributed by atoms with Crippen LogP contribution in [0.15, 0.2) is 43.0 Å². The first kappa shape index (κ1) is 12.6. The zero-order chi connectivity index (χ0) is 12.8. The fraction of sp³-hybridized carbons (Fsp3) is 0.357. The molecule has 0 aliphatic rings. The SMILES string of the molecule is CCC(N)c1ccc(OCCn2ccnc2)cc1.